The van der Waals surface area contributed by atoms with Gasteiger partial charge in [0.15, 0.2) is 5.96 Å². The Hall–Kier alpha value is -1.47. The monoisotopic (exact) mass is 383 g/mol. The van der Waals surface area contributed by atoms with Gasteiger partial charge in [0, 0.05) is 24.5 Å². The number of thioether (sulfide) groups is 1. The lowest BCUT2D eigenvalue weighted by Crippen LogP contribution is -2.43. The molecule has 7 heteroatoms. The third-order valence-corrected chi connectivity index (χ3v) is 5.82. The Labute approximate surface area is 160 Å². The number of benzene rings is 1. The first-order chi connectivity index (χ1) is 12.6. The summed E-state index contributed by atoms with van der Waals surface area (Å²) < 4.78 is 24.4. The maximum Gasteiger partial charge on any atom is 0.191 e. The summed E-state index contributed by atoms with van der Waals surface area (Å²) in [6.07, 6.45) is 4.14. The third kappa shape index (κ3) is 6.68. The normalized spacial score (nSPS) is 18.2. The molecule has 2 N–H and O–H groups in total. The van der Waals surface area contributed by atoms with E-state index in [0.717, 1.165) is 45.1 Å². The number of nitrogens with one attached hydrogen (secondary N) is 2. The molecule has 1 atom stereocenters. The van der Waals surface area contributed by atoms with Crippen LogP contribution in [0.4, 0.5) is 4.39 Å². The molecule has 0 spiro atoms. The van der Waals surface area contributed by atoms with E-state index in [9.17, 15) is 4.39 Å². The summed E-state index contributed by atoms with van der Waals surface area (Å²) in [5.74, 6) is 1.19. The molecule has 0 aromatic heterocycles. The molecule has 1 aromatic rings. The molecule has 5 nitrogen and oxygen atoms in total. The van der Waals surface area contributed by atoms with Crippen LogP contribution >= 0.6 is 11.8 Å². The highest BCUT2D eigenvalue weighted by atomic mass is 32.2. The minimum absolute atomic E-state index is 0.0677. The van der Waals surface area contributed by atoms with Crippen LogP contribution in [0.1, 0.15) is 26.7 Å². The molecule has 1 heterocycles. The maximum atomic E-state index is 13.0. The predicted molar refractivity (Wildman–Crippen MR) is 107 cm³/mol. The minimum atomic E-state index is -0.263. The van der Waals surface area contributed by atoms with Gasteiger partial charge in [0.1, 0.15) is 17.7 Å². The van der Waals surface area contributed by atoms with Gasteiger partial charge in [0.05, 0.1) is 13.1 Å². The molecule has 1 unspecified atom stereocenters. The van der Waals surface area contributed by atoms with Crippen LogP contribution in [-0.2, 0) is 4.74 Å². The van der Waals surface area contributed by atoms with E-state index >= 15 is 0 Å². The number of guanidine groups is 1. The van der Waals surface area contributed by atoms with Crippen LogP contribution in [0.3, 0.4) is 0 Å². The summed E-state index contributed by atoms with van der Waals surface area (Å²) in [5, 5.41) is 6.62. The van der Waals surface area contributed by atoms with Crippen molar-refractivity contribution in [2.24, 2.45) is 4.99 Å². The van der Waals surface area contributed by atoms with E-state index in [0.29, 0.717) is 12.3 Å². The SMILES string of the molecule is CCNC(=NCC1(SC)CCOCC1)NCC(C)Oc1ccc(F)cc1. The van der Waals surface area contributed by atoms with Crippen LogP contribution in [-0.4, -0.2) is 55.9 Å². The summed E-state index contributed by atoms with van der Waals surface area (Å²) in [6, 6.07) is 6.07. The molecule has 1 saturated heterocycles. The van der Waals surface area contributed by atoms with E-state index in [1.807, 2.05) is 18.7 Å². The van der Waals surface area contributed by atoms with Gasteiger partial charge in [-0.05, 0) is 57.2 Å². The molecule has 0 saturated carbocycles. The van der Waals surface area contributed by atoms with E-state index < -0.39 is 0 Å². The first kappa shape index (κ1) is 20.8. The fourth-order valence-electron chi connectivity index (χ4n) is 2.76. The second kappa shape index (κ2) is 10.6. The Morgan fingerprint density at radius 2 is 2.00 bits per heavy atom. The van der Waals surface area contributed by atoms with Crippen LogP contribution in [0, 0.1) is 5.82 Å². The number of hydrogen-bond donors (Lipinski definition) is 2. The average molecular weight is 384 g/mol. The quantitative estimate of drug-likeness (QED) is 0.534. The maximum absolute atomic E-state index is 13.0. The first-order valence-electron chi connectivity index (χ1n) is 9.14. The van der Waals surface area contributed by atoms with Gasteiger partial charge >= 0.3 is 0 Å². The molecule has 1 aliphatic rings. The Morgan fingerprint density at radius 3 is 2.62 bits per heavy atom. The Balaban J connectivity index is 1.86. The Bertz CT molecular complexity index is 562. The molecular formula is C19H30FN3O2S. The van der Waals surface area contributed by atoms with Crippen LogP contribution in [0.25, 0.3) is 0 Å². The molecule has 0 amide bonds. The third-order valence-electron chi connectivity index (χ3n) is 4.41. The standard InChI is InChI=1S/C19H30FN3O2S/c1-4-21-18(23-14-19(26-3)9-11-24-12-10-19)22-13-15(2)25-17-7-5-16(20)6-8-17/h5-8,15H,4,9-14H2,1-3H3,(H2,21,22,23). The molecule has 0 aliphatic carbocycles. The molecule has 1 fully saturated rings. The van der Waals surface area contributed by atoms with E-state index in [1.54, 1.807) is 12.1 Å². The van der Waals surface area contributed by atoms with E-state index in [1.165, 1.54) is 12.1 Å². The summed E-state index contributed by atoms with van der Waals surface area (Å²) >= 11 is 1.88. The zero-order valence-corrected chi connectivity index (χ0v) is 16.7. The van der Waals surface area contributed by atoms with Gasteiger partial charge in [0.2, 0.25) is 0 Å². The fraction of sp³-hybridized carbons (Fsp3) is 0.632. The molecule has 2 rings (SSSR count). The molecule has 146 valence electrons. The van der Waals surface area contributed by atoms with Crippen molar-refractivity contribution in [3.8, 4) is 5.75 Å². The van der Waals surface area contributed by atoms with Gasteiger partial charge in [-0.3, -0.25) is 4.99 Å². The highest BCUT2D eigenvalue weighted by Gasteiger charge is 2.31. The Morgan fingerprint density at radius 1 is 1.31 bits per heavy atom. The molecule has 26 heavy (non-hydrogen) atoms. The van der Waals surface area contributed by atoms with Gasteiger partial charge in [-0.25, -0.2) is 4.39 Å². The first-order valence-corrected chi connectivity index (χ1v) is 10.4. The largest absolute Gasteiger partial charge is 0.489 e. The van der Waals surface area contributed by atoms with Crippen molar-refractivity contribution >= 4 is 17.7 Å². The van der Waals surface area contributed by atoms with Crippen molar-refractivity contribution in [1.29, 1.82) is 0 Å². The Kier molecular flexibility index (Phi) is 8.51. The van der Waals surface area contributed by atoms with E-state index in [4.69, 9.17) is 14.5 Å². The van der Waals surface area contributed by atoms with Crippen LogP contribution in [0.5, 0.6) is 5.75 Å². The van der Waals surface area contributed by atoms with Gasteiger partial charge in [-0.1, -0.05) is 0 Å². The number of halogens is 1. The number of rotatable bonds is 8. The van der Waals surface area contributed by atoms with Crippen LogP contribution < -0.4 is 15.4 Å². The van der Waals surface area contributed by atoms with Crippen molar-refractivity contribution in [1.82, 2.24) is 10.6 Å². The number of ether oxygens (including phenoxy) is 2. The summed E-state index contributed by atoms with van der Waals surface area (Å²) in [4.78, 5) is 4.78. The topological polar surface area (TPSA) is 54.9 Å². The minimum Gasteiger partial charge on any atom is -0.489 e. The zero-order valence-electron chi connectivity index (χ0n) is 15.9. The summed E-state index contributed by atoms with van der Waals surface area (Å²) in [6.45, 7) is 7.81. The molecule has 0 bridgehead atoms. The summed E-state index contributed by atoms with van der Waals surface area (Å²) in [7, 11) is 0. The fourth-order valence-corrected chi connectivity index (χ4v) is 3.53. The van der Waals surface area contributed by atoms with E-state index in [-0.39, 0.29) is 16.7 Å². The zero-order chi connectivity index (χ0) is 18.8. The lowest BCUT2D eigenvalue weighted by molar-refractivity contribution is 0.0794. The van der Waals surface area contributed by atoms with E-state index in [2.05, 4.69) is 23.8 Å². The van der Waals surface area contributed by atoms with Crippen LogP contribution in [0.15, 0.2) is 29.3 Å². The highest BCUT2D eigenvalue weighted by Crippen LogP contribution is 2.33. The van der Waals surface area contributed by atoms with Crippen molar-refractivity contribution in [2.45, 2.75) is 37.5 Å². The second-order valence-electron chi connectivity index (χ2n) is 6.46. The predicted octanol–water partition coefficient (Wildman–Crippen LogP) is 3.06. The van der Waals surface area contributed by atoms with Gasteiger partial charge in [-0.2, -0.15) is 11.8 Å². The lowest BCUT2D eigenvalue weighted by Gasteiger charge is -2.34. The van der Waals surface area contributed by atoms with Crippen molar-refractivity contribution < 1.29 is 13.9 Å². The van der Waals surface area contributed by atoms with Crippen LogP contribution in [0.2, 0.25) is 0 Å². The molecule has 1 aromatic carbocycles. The highest BCUT2D eigenvalue weighted by molar-refractivity contribution is 8.00. The molecule has 0 radical (unpaired) electrons. The number of aliphatic imine (C=N–C) groups is 1. The van der Waals surface area contributed by atoms with Crippen molar-refractivity contribution in [2.75, 3.05) is 39.1 Å². The average Bonchev–Trinajstić information content (AvgIpc) is 2.66. The number of nitrogens with zero attached hydrogens (tertiary/aromatic N) is 1. The van der Waals surface area contributed by atoms with Gasteiger partial charge in [-0.15, -0.1) is 0 Å². The lowest BCUT2D eigenvalue weighted by atomic mass is 9.99. The molecule has 1 aliphatic heterocycles. The smallest absolute Gasteiger partial charge is 0.191 e. The number of hydrogen-bond acceptors (Lipinski definition) is 4. The summed E-state index contributed by atoms with van der Waals surface area (Å²) in [5.41, 5.74) is 0. The molecular weight excluding hydrogens is 353 g/mol. The van der Waals surface area contributed by atoms with Crippen molar-refractivity contribution in [3.05, 3.63) is 30.1 Å². The van der Waals surface area contributed by atoms with Gasteiger partial charge in [0.25, 0.3) is 0 Å². The van der Waals surface area contributed by atoms with Crippen molar-refractivity contribution in [3.63, 3.8) is 0 Å². The van der Waals surface area contributed by atoms with Gasteiger partial charge < -0.3 is 20.1 Å². The second-order valence-corrected chi connectivity index (χ2v) is 7.73.